The van der Waals surface area contributed by atoms with E-state index in [9.17, 15) is 14.0 Å². The minimum Gasteiger partial charge on any atom is -0.488 e. The van der Waals surface area contributed by atoms with E-state index >= 15 is 0 Å². The maximum Gasteiger partial charge on any atom is 0.239 e. The van der Waals surface area contributed by atoms with Crippen molar-refractivity contribution < 1.29 is 18.7 Å². The largest absolute Gasteiger partial charge is 0.488 e. The van der Waals surface area contributed by atoms with Crippen LogP contribution in [0.5, 0.6) is 5.75 Å². The highest BCUT2D eigenvalue weighted by Crippen LogP contribution is 2.26. The smallest absolute Gasteiger partial charge is 0.239 e. The van der Waals surface area contributed by atoms with E-state index in [-0.39, 0.29) is 30.2 Å². The fourth-order valence-corrected chi connectivity index (χ4v) is 3.09. The molecule has 7 heteroatoms. The van der Waals surface area contributed by atoms with Gasteiger partial charge in [-0.1, -0.05) is 23.7 Å². The van der Waals surface area contributed by atoms with Crippen molar-refractivity contribution in [3.8, 4) is 5.75 Å². The van der Waals surface area contributed by atoms with E-state index in [1.807, 2.05) is 0 Å². The first-order valence-electron chi connectivity index (χ1n) is 8.70. The second kappa shape index (κ2) is 8.39. The lowest BCUT2D eigenvalue weighted by atomic mass is 10.1. The van der Waals surface area contributed by atoms with Gasteiger partial charge < -0.3 is 15.0 Å². The number of nitrogens with one attached hydrogen (secondary N) is 1. The van der Waals surface area contributed by atoms with Crippen molar-refractivity contribution in [1.82, 2.24) is 5.32 Å². The Bertz CT molecular complexity index is 828. The van der Waals surface area contributed by atoms with Gasteiger partial charge in [-0.3, -0.25) is 9.59 Å². The molecule has 2 aromatic rings. The molecule has 0 bridgehead atoms. The summed E-state index contributed by atoms with van der Waals surface area (Å²) < 4.78 is 19.0. The van der Waals surface area contributed by atoms with Crippen LogP contribution >= 0.6 is 11.6 Å². The maximum atomic E-state index is 13.6. The van der Waals surface area contributed by atoms with Crippen LogP contribution in [0.2, 0.25) is 5.02 Å². The molecule has 0 aliphatic carbocycles. The van der Waals surface area contributed by atoms with Crippen LogP contribution in [0, 0.1) is 11.7 Å². The second-order valence-electron chi connectivity index (χ2n) is 6.46. The van der Waals surface area contributed by atoms with Crippen molar-refractivity contribution in [2.45, 2.75) is 19.4 Å². The van der Waals surface area contributed by atoms with E-state index < -0.39 is 11.7 Å². The molecule has 1 N–H and O–H groups in total. The number of rotatable bonds is 6. The minimum absolute atomic E-state index is 0.106. The number of amides is 2. The van der Waals surface area contributed by atoms with Gasteiger partial charge in [0.1, 0.15) is 12.5 Å². The lowest BCUT2D eigenvalue weighted by molar-refractivity contribution is -0.132. The summed E-state index contributed by atoms with van der Waals surface area (Å²) in [5.41, 5.74) is 0.718. The Balaban J connectivity index is 1.54. The molecule has 0 radical (unpaired) electrons. The van der Waals surface area contributed by atoms with Crippen LogP contribution in [0.4, 0.5) is 10.1 Å². The molecule has 27 heavy (non-hydrogen) atoms. The van der Waals surface area contributed by atoms with Crippen LogP contribution in [-0.4, -0.2) is 31.0 Å². The zero-order valence-electron chi connectivity index (χ0n) is 14.8. The summed E-state index contributed by atoms with van der Waals surface area (Å²) in [6.07, 6.45) is 0.439. The molecule has 5 nitrogen and oxygen atoms in total. The van der Waals surface area contributed by atoms with Crippen molar-refractivity contribution in [2.24, 2.45) is 5.92 Å². The van der Waals surface area contributed by atoms with Crippen molar-refractivity contribution in [3.63, 3.8) is 0 Å². The Hall–Kier alpha value is -2.60. The molecule has 1 aliphatic rings. The van der Waals surface area contributed by atoms with Gasteiger partial charge in [0.05, 0.1) is 6.04 Å². The molecule has 1 heterocycles. The van der Waals surface area contributed by atoms with Gasteiger partial charge in [0.25, 0.3) is 0 Å². The van der Waals surface area contributed by atoms with Crippen LogP contribution in [0.1, 0.15) is 13.3 Å². The van der Waals surface area contributed by atoms with Crippen LogP contribution in [0.3, 0.4) is 0 Å². The van der Waals surface area contributed by atoms with E-state index in [1.54, 1.807) is 48.2 Å². The third kappa shape index (κ3) is 4.57. The number of carbonyl (C=O) groups excluding carboxylic acids is 2. The molecule has 1 fully saturated rings. The zero-order chi connectivity index (χ0) is 19.4. The zero-order valence-corrected chi connectivity index (χ0v) is 15.6. The summed E-state index contributed by atoms with van der Waals surface area (Å²) >= 11 is 5.87. The van der Waals surface area contributed by atoms with Crippen LogP contribution in [0.15, 0.2) is 48.5 Å². The summed E-state index contributed by atoms with van der Waals surface area (Å²) in [6.45, 7) is 2.32. The Labute approximate surface area is 162 Å². The van der Waals surface area contributed by atoms with Crippen LogP contribution < -0.4 is 15.0 Å². The topological polar surface area (TPSA) is 58.6 Å². The van der Waals surface area contributed by atoms with Gasteiger partial charge in [-0.2, -0.15) is 0 Å². The molecule has 2 amide bonds. The van der Waals surface area contributed by atoms with Gasteiger partial charge in [-0.25, -0.2) is 4.39 Å². The number of para-hydroxylation sites is 1. The monoisotopic (exact) mass is 390 g/mol. The van der Waals surface area contributed by atoms with E-state index in [1.165, 1.54) is 12.1 Å². The summed E-state index contributed by atoms with van der Waals surface area (Å²) in [4.78, 5) is 26.6. The Morgan fingerprint density at radius 3 is 2.70 bits per heavy atom. The van der Waals surface area contributed by atoms with Crippen molar-refractivity contribution >= 4 is 29.1 Å². The molecule has 3 rings (SSSR count). The third-order valence-electron chi connectivity index (χ3n) is 4.37. The van der Waals surface area contributed by atoms with Crippen LogP contribution in [-0.2, 0) is 9.59 Å². The molecule has 0 aromatic heterocycles. The summed E-state index contributed by atoms with van der Waals surface area (Å²) in [6, 6.07) is 12.6. The number of hydrogen-bond acceptors (Lipinski definition) is 3. The average Bonchev–Trinajstić information content (AvgIpc) is 3.03. The second-order valence-corrected chi connectivity index (χ2v) is 6.90. The number of nitrogens with zero attached hydrogens (tertiary/aromatic N) is 1. The number of carbonyl (C=O) groups is 2. The normalized spacial score (nSPS) is 17.7. The van der Waals surface area contributed by atoms with Crippen molar-refractivity contribution in [3.05, 3.63) is 59.4 Å². The van der Waals surface area contributed by atoms with Crippen molar-refractivity contribution in [1.29, 1.82) is 0 Å². The average molecular weight is 391 g/mol. The van der Waals surface area contributed by atoms with Gasteiger partial charge in [0, 0.05) is 17.3 Å². The number of ether oxygens (including phenoxy) is 1. The quantitative estimate of drug-likeness (QED) is 0.769. The van der Waals surface area contributed by atoms with Gasteiger partial charge in [-0.15, -0.1) is 0 Å². The van der Waals surface area contributed by atoms with Gasteiger partial charge in [-0.05, 0) is 49.7 Å². The Kier molecular flexibility index (Phi) is 5.96. The van der Waals surface area contributed by atoms with E-state index in [0.717, 1.165) is 5.69 Å². The number of halogens is 2. The molecule has 0 spiro atoms. The lowest BCUT2D eigenvalue weighted by Crippen LogP contribution is -2.43. The molecular formula is C20H20ClFN2O3. The van der Waals surface area contributed by atoms with Crippen molar-refractivity contribution in [2.75, 3.05) is 18.1 Å². The predicted molar refractivity (Wildman–Crippen MR) is 101 cm³/mol. The molecule has 0 saturated carbocycles. The predicted octanol–water partition coefficient (Wildman–Crippen LogP) is 3.42. The number of hydrogen-bond donors (Lipinski definition) is 1. The molecule has 2 unspecified atom stereocenters. The summed E-state index contributed by atoms with van der Waals surface area (Å²) in [5, 5.41) is 3.35. The molecule has 142 valence electrons. The molecule has 2 atom stereocenters. The van der Waals surface area contributed by atoms with E-state index in [2.05, 4.69) is 5.32 Å². The Morgan fingerprint density at radius 1 is 1.30 bits per heavy atom. The number of anilines is 1. The highest BCUT2D eigenvalue weighted by atomic mass is 35.5. The van der Waals surface area contributed by atoms with Gasteiger partial charge >= 0.3 is 0 Å². The first-order valence-corrected chi connectivity index (χ1v) is 9.08. The number of benzene rings is 2. The minimum atomic E-state index is -0.739. The summed E-state index contributed by atoms with van der Waals surface area (Å²) in [5.74, 6) is -1.65. The third-order valence-corrected chi connectivity index (χ3v) is 4.63. The molecule has 1 saturated heterocycles. The summed E-state index contributed by atoms with van der Waals surface area (Å²) in [7, 11) is 0. The highest BCUT2D eigenvalue weighted by Gasteiger charge is 2.37. The Morgan fingerprint density at radius 2 is 2.00 bits per heavy atom. The van der Waals surface area contributed by atoms with E-state index in [4.69, 9.17) is 16.3 Å². The standard InChI is InChI=1S/C20H20ClFN2O3/c1-13(12-27-18-5-3-2-4-17(18)22)23-19(25)16-10-11-24(20(16)26)15-8-6-14(21)7-9-15/h2-9,13,16H,10-12H2,1H3,(H,23,25). The van der Waals surface area contributed by atoms with Gasteiger partial charge in [0.2, 0.25) is 11.8 Å². The molecule has 1 aliphatic heterocycles. The molecular weight excluding hydrogens is 371 g/mol. The van der Waals surface area contributed by atoms with Crippen LogP contribution in [0.25, 0.3) is 0 Å². The highest BCUT2D eigenvalue weighted by molar-refractivity contribution is 6.30. The SMILES string of the molecule is CC(COc1ccccc1F)NC(=O)C1CCN(c2ccc(Cl)cc2)C1=O. The fourth-order valence-electron chi connectivity index (χ4n) is 2.96. The lowest BCUT2D eigenvalue weighted by Gasteiger charge is -2.19. The maximum absolute atomic E-state index is 13.6. The molecule has 2 aromatic carbocycles. The first kappa shape index (κ1) is 19.2. The fraction of sp³-hybridized carbons (Fsp3) is 0.300. The first-order chi connectivity index (χ1) is 13.0. The van der Waals surface area contributed by atoms with Gasteiger partial charge in [0.15, 0.2) is 11.6 Å². The van der Waals surface area contributed by atoms with E-state index in [0.29, 0.717) is 18.0 Å².